The van der Waals surface area contributed by atoms with Gasteiger partial charge in [-0.15, -0.1) is 4.40 Å². The first-order valence-corrected chi connectivity index (χ1v) is 9.57. The fourth-order valence-corrected chi connectivity index (χ4v) is 3.07. The normalized spacial score (nSPS) is 23.1. The number of nitriles is 1. The number of azo groups is 1. The summed E-state index contributed by atoms with van der Waals surface area (Å²) in [5, 5.41) is 17.7. The third-order valence-corrected chi connectivity index (χ3v) is 4.38. The van der Waals surface area contributed by atoms with E-state index in [0.29, 0.717) is 12.3 Å². The van der Waals surface area contributed by atoms with Gasteiger partial charge < -0.3 is 5.32 Å². The Morgan fingerprint density at radius 3 is 2.38 bits per heavy atom. The molecule has 29 heavy (non-hydrogen) atoms. The summed E-state index contributed by atoms with van der Waals surface area (Å²) >= 11 is 0. The average Bonchev–Trinajstić information content (AvgIpc) is 2.96. The molecule has 1 N–H and O–H groups in total. The standard InChI is InChI=1S/C15H13F6N5O2S/c1-13(6-11(24-26-13)15(19,20)21)12(25-29(2,27)28)23-9-4-3-8(7-22)10(5-9)14(16,17)18/h3-5,11H,6H2,1-2H3,(H,23,25). The fraction of sp³-hybridized carbons (Fsp3) is 0.467. The molecule has 2 unspecified atom stereocenters. The number of anilines is 1. The minimum atomic E-state index is -4.89. The molecule has 158 valence electrons. The molecule has 0 radical (unpaired) electrons. The fourth-order valence-electron chi connectivity index (χ4n) is 2.49. The molecule has 1 aromatic rings. The molecule has 7 nitrogen and oxygen atoms in total. The second-order valence-corrected chi connectivity index (χ2v) is 8.07. The van der Waals surface area contributed by atoms with Crippen LogP contribution in [0.1, 0.15) is 24.5 Å². The van der Waals surface area contributed by atoms with E-state index in [0.717, 1.165) is 19.1 Å². The van der Waals surface area contributed by atoms with Crippen molar-refractivity contribution in [1.82, 2.24) is 0 Å². The van der Waals surface area contributed by atoms with Crippen LogP contribution in [0, 0.1) is 11.3 Å². The summed E-state index contributed by atoms with van der Waals surface area (Å²) in [6.45, 7) is 1.12. The van der Waals surface area contributed by atoms with Crippen molar-refractivity contribution in [2.75, 3.05) is 11.6 Å². The summed E-state index contributed by atoms with van der Waals surface area (Å²) in [4.78, 5) is 0. The summed E-state index contributed by atoms with van der Waals surface area (Å²) in [6, 6.07) is 1.54. The zero-order valence-corrected chi connectivity index (χ0v) is 15.6. The van der Waals surface area contributed by atoms with E-state index in [-0.39, 0.29) is 5.69 Å². The Hall–Kier alpha value is -2.69. The lowest BCUT2D eigenvalue weighted by Gasteiger charge is -2.24. The largest absolute Gasteiger partial charge is 0.417 e. The molecular weight excluding hydrogens is 428 g/mol. The molecule has 1 aliphatic heterocycles. The van der Waals surface area contributed by atoms with Crippen LogP contribution in [0.15, 0.2) is 32.8 Å². The zero-order chi connectivity index (χ0) is 22.3. The molecule has 1 aromatic carbocycles. The topological polar surface area (TPSA) is 107 Å². The van der Waals surface area contributed by atoms with Gasteiger partial charge in [-0.2, -0.15) is 41.8 Å². The Morgan fingerprint density at radius 1 is 1.31 bits per heavy atom. The van der Waals surface area contributed by atoms with E-state index < -0.39 is 57.3 Å². The van der Waals surface area contributed by atoms with Gasteiger partial charge in [-0.3, -0.25) is 0 Å². The molecule has 1 aliphatic rings. The van der Waals surface area contributed by atoms with Gasteiger partial charge in [0.05, 0.1) is 23.5 Å². The van der Waals surface area contributed by atoms with Gasteiger partial charge in [0.1, 0.15) is 11.4 Å². The summed E-state index contributed by atoms with van der Waals surface area (Å²) in [5.74, 6) is -0.631. The van der Waals surface area contributed by atoms with Gasteiger partial charge in [0.15, 0.2) is 6.04 Å². The highest BCUT2D eigenvalue weighted by molar-refractivity contribution is 7.89. The molecule has 0 saturated carbocycles. The first-order valence-electron chi connectivity index (χ1n) is 7.73. The third kappa shape index (κ3) is 5.43. The zero-order valence-electron chi connectivity index (χ0n) is 14.8. The maximum Gasteiger partial charge on any atom is 0.417 e. The number of nitrogens with zero attached hydrogens (tertiary/aromatic N) is 4. The number of hydrogen-bond acceptors (Lipinski definition) is 5. The first-order chi connectivity index (χ1) is 13.0. The summed E-state index contributed by atoms with van der Waals surface area (Å²) in [6.07, 6.45) is -9.77. The second kappa shape index (κ2) is 7.29. The number of hydrogen-bond donors (Lipinski definition) is 1. The number of nitrogens with one attached hydrogen (secondary N) is 1. The van der Waals surface area contributed by atoms with Crippen molar-refractivity contribution in [3.63, 3.8) is 0 Å². The maximum absolute atomic E-state index is 13.1. The smallest absolute Gasteiger partial charge is 0.341 e. The maximum atomic E-state index is 13.1. The van der Waals surface area contributed by atoms with E-state index in [4.69, 9.17) is 5.26 Å². The van der Waals surface area contributed by atoms with Crippen LogP contribution in [0.2, 0.25) is 0 Å². The van der Waals surface area contributed by atoms with E-state index in [1.165, 1.54) is 6.07 Å². The van der Waals surface area contributed by atoms with Crippen LogP contribution in [0.3, 0.4) is 0 Å². The lowest BCUT2D eigenvalue weighted by molar-refractivity contribution is -0.147. The summed E-state index contributed by atoms with van der Waals surface area (Å²) < 4.78 is 105. The molecule has 0 fully saturated rings. The van der Waals surface area contributed by atoms with Crippen LogP contribution in [0.25, 0.3) is 0 Å². The molecule has 14 heteroatoms. The van der Waals surface area contributed by atoms with Crippen LogP contribution < -0.4 is 5.32 Å². The molecule has 0 spiro atoms. The quantitative estimate of drug-likeness (QED) is 0.436. The summed E-state index contributed by atoms with van der Waals surface area (Å²) in [7, 11) is -4.16. The molecule has 0 saturated heterocycles. The van der Waals surface area contributed by atoms with Crippen molar-refractivity contribution in [2.24, 2.45) is 14.6 Å². The van der Waals surface area contributed by atoms with E-state index in [9.17, 15) is 34.8 Å². The van der Waals surface area contributed by atoms with Crippen molar-refractivity contribution in [3.8, 4) is 6.07 Å². The Labute approximate surface area is 161 Å². The van der Waals surface area contributed by atoms with E-state index in [1.54, 1.807) is 0 Å². The molecule has 1 heterocycles. The average molecular weight is 441 g/mol. The third-order valence-electron chi connectivity index (χ3n) is 3.86. The lowest BCUT2D eigenvalue weighted by atomic mass is 9.94. The van der Waals surface area contributed by atoms with Crippen LogP contribution in [-0.2, 0) is 16.2 Å². The highest BCUT2D eigenvalue weighted by Gasteiger charge is 2.50. The van der Waals surface area contributed by atoms with Crippen LogP contribution in [0.4, 0.5) is 32.0 Å². The minimum Gasteiger partial charge on any atom is -0.341 e. The van der Waals surface area contributed by atoms with E-state index >= 15 is 0 Å². The predicted octanol–water partition coefficient (Wildman–Crippen LogP) is 3.89. The van der Waals surface area contributed by atoms with E-state index in [1.807, 2.05) is 0 Å². The number of alkyl halides is 6. The lowest BCUT2D eigenvalue weighted by Crippen LogP contribution is -2.41. The van der Waals surface area contributed by atoms with Gasteiger partial charge in [0.25, 0.3) is 10.0 Å². The predicted molar refractivity (Wildman–Crippen MR) is 89.8 cm³/mol. The van der Waals surface area contributed by atoms with Crippen LogP contribution in [-0.4, -0.2) is 38.3 Å². The van der Waals surface area contributed by atoms with Crippen LogP contribution in [0.5, 0.6) is 0 Å². The second-order valence-electron chi connectivity index (χ2n) is 6.42. The molecule has 0 amide bonds. The summed E-state index contributed by atoms with van der Waals surface area (Å²) in [5.41, 5.74) is -4.22. The van der Waals surface area contributed by atoms with Crippen molar-refractivity contribution in [1.29, 1.82) is 5.26 Å². The van der Waals surface area contributed by atoms with Gasteiger partial charge in [-0.1, -0.05) is 0 Å². The van der Waals surface area contributed by atoms with Gasteiger partial charge in [0, 0.05) is 12.1 Å². The molecule has 0 aromatic heterocycles. The van der Waals surface area contributed by atoms with Crippen LogP contribution >= 0.6 is 0 Å². The molecule has 0 aliphatic carbocycles. The van der Waals surface area contributed by atoms with Gasteiger partial charge in [0.2, 0.25) is 0 Å². The number of amidine groups is 1. The van der Waals surface area contributed by atoms with Crippen molar-refractivity contribution >= 4 is 21.5 Å². The van der Waals surface area contributed by atoms with Crippen molar-refractivity contribution in [3.05, 3.63) is 29.3 Å². The van der Waals surface area contributed by atoms with E-state index in [2.05, 4.69) is 19.9 Å². The Balaban J connectivity index is 2.49. The first kappa shape index (κ1) is 22.6. The molecule has 2 atom stereocenters. The van der Waals surface area contributed by atoms with Gasteiger partial charge in [-0.25, -0.2) is 8.42 Å². The van der Waals surface area contributed by atoms with Crippen molar-refractivity contribution < 1.29 is 34.8 Å². The number of sulfonamides is 1. The monoisotopic (exact) mass is 441 g/mol. The molecular formula is C15H13F6N5O2S. The number of rotatable bonds is 3. The Morgan fingerprint density at radius 2 is 1.93 bits per heavy atom. The SMILES string of the molecule is CC1(C(=NS(C)(=O)=O)Nc2ccc(C#N)c(C(F)(F)F)c2)CC(C(F)(F)F)N=N1. The Bertz CT molecular complexity index is 1010. The molecule has 0 bridgehead atoms. The van der Waals surface area contributed by atoms with Crippen molar-refractivity contribution in [2.45, 2.75) is 37.3 Å². The molecule has 2 rings (SSSR count). The number of halogens is 6. The Kier molecular flexibility index (Phi) is 5.68. The van der Waals surface area contributed by atoms with Gasteiger partial charge >= 0.3 is 12.4 Å². The number of benzene rings is 1. The minimum absolute atomic E-state index is 0.342. The highest BCUT2D eigenvalue weighted by atomic mass is 32.2. The van der Waals surface area contributed by atoms with Gasteiger partial charge in [-0.05, 0) is 25.1 Å². The highest BCUT2D eigenvalue weighted by Crippen LogP contribution is 2.38.